The average Bonchev–Trinajstić information content (AvgIpc) is 2.40. The lowest BCUT2D eigenvalue weighted by Crippen LogP contribution is -2.36. The molecule has 0 heterocycles. The number of carbonyl (C=O) groups excluding carboxylic acids is 1. The van der Waals surface area contributed by atoms with Crippen molar-refractivity contribution in [3.8, 4) is 11.5 Å². The van der Waals surface area contributed by atoms with Crippen molar-refractivity contribution >= 4 is 21.8 Å². The van der Waals surface area contributed by atoms with E-state index in [1.807, 2.05) is 13.0 Å². The Morgan fingerprint density at radius 2 is 2.21 bits per heavy atom. The Balaban J connectivity index is 2.97. The minimum absolute atomic E-state index is 0.167. The molecule has 0 bridgehead atoms. The molecule has 1 atom stereocenters. The van der Waals surface area contributed by atoms with Gasteiger partial charge in [0, 0.05) is 13.1 Å². The van der Waals surface area contributed by atoms with Crippen molar-refractivity contribution < 1.29 is 14.3 Å². The zero-order chi connectivity index (χ0) is 14.4. The van der Waals surface area contributed by atoms with Gasteiger partial charge in [-0.15, -0.1) is 0 Å². The highest BCUT2D eigenvalue weighted by molar-refractivity contribution is 9.10. The number of ether oxygens (including phenoxy) is 2. The first-order valence-electron chi connectivity index (χ1n) is 6.04. The quantitative estimate of drug-likeness (QED) is 0.834. The highest BCUT2D eigenvalue weighted by Crippen LogP contribution is 2.37. The minimum atomic E-state index is -0.603. The van der Waals surface area contributed by atoms with E-state index in [-0.39, 0.29) is 5.91 Å². The second-order valence-corrected chi connectivity index (χ2v) is 4.82. The third-order valence-electron chi connectivity index (χ3n) is 2.54. The zero-order valence-corrected chi connectivity index (χ0v) is 12.9. The van der Waals surface area contributed by atoms with Gasteiger partial charge >= 0.3 is 0 Å². The van der Waals surface area contributed by atoms with Gasteiger partial charge in [-0.05, 0) is 47.5 Å². The molecular weight excluding hydrogens is 312 g/mol. The molecule has 0 saturated heterocycles. The second kappa shape index (κ2) is 7.35. The van der Waals surface area contributed by atoms with Crippen LogP contribution in [0.2, 0.25) is 0 Å². The number of amides is 1. The van der Waals surface area contributed by atoms with Gasteiger partial charge in [0.05, 0.1) is 11.6 Å². The van der Waals surface area contributed by atoms with E-state index >= 15 is 0 Å². The summed E-state index contributed by atoms with van der Waals surface area (Å²) in [7, 11) is 1.55. The van der Waals surface area contributed by atoms with Crippen LogP contribution in [-0.2, 0) is 11.3 Å². The molecule has 0 aliphatic carbocycles. The van der Waals surface area contributed by atoms with Crippen molar-refractivity contribution in [3.05, 3.63) is 22.2 Å². The van der Waals surface area contributed by atoms with Crippen molar-refractivity contribution in [2.45, 2.75) is 26.5 Å². The number of hydrogen-bond acceptors (Lipinski definition) is 4. The molecule has 1 unspecified atom stereocenters. The van der Waals surface area contributed by atoms with Crippen LogP contribution in [0.5, 0.6) is 11.5 Å². The van der Waals surface area contributed by atoms with Gasteiger partial charge < -0.3 is 20.5 Å². The van der Waals surface area contributed by atoms with Gasteiger partial charge in [0.2, 0.25) is 0 Å². The maximum Gasteiger partial charge on any atom is 0.260 e. The van der Waals surface area contributed by atoms with Crippen LogP contribution < -0.4 is 20.5 Å². The second-order valence-electron chi connectivity index (χ2n) is 3.97. The van der Waals surface area contributed by atoms with Crippen molar-refractivity contribution in [2.75, 3.05) is 13.7 Å². The van der Waals surface area contributed by atoms with E-state index in [1.165, 1.54) is 0 Å². The zero-order valence-electron chi connectivity index (χ0n) is 11.3. The van der Waals surface area contributed by atoms with Crippen LogP contribution in [0.25, 0.3) is 0 Å². The highest BCUT2D eigenvalue weighted by atomic mass is 79.9. The molecule has 0 spiro atoms. The lowest BCUT2D eigenvalue weighted by atomic mass is 10.2. The Hall–Kier alpha value is -1.27. The molecule has 19 heavy (non-hydrogen) atoms. The Kier molecular flexibility index (Phi) is 6.11. The molecule has 0 aliphatic rings. The first-order valence-corrected chi connectivity index (χ1v) is 6.83. The molecule has 106 valence electrons. The monoisotopic (exact) mass is 330 g/mol. The van der Waals surface area contributed by atoms with Gasteiger partial charge in [-0.25, -0.2) is 0 Å². The van der Waals surface area contributed by atoms with E-state index in [2.05, 4.69) is 21.2 Å². The summed E-state index contributed by atoms with van der Waals surface area (Å²) in [5.41, 5.74) is 6.52. The van der Waals surface area contributed by atoms with Crippen LogP contribution in [0.3, 0.4) is 0 Å². The maximum absolute atomic E-state index is 11.7. The number of halogens is 1. The molecule has 1 aromatic rings. The number of methoxy groups -OCH3 is 1. The molecule has 0 saturated carbocycles. The summed E-state index contributed by atoms with van der Waals surface area (Å²) in [4.78, 5) is 11.7. The topological polar surface area (TPSA) is 73.6 Å². The molecule has 5 nitrogen and oxygen atoms in total. The van der Waals surface area contributed by atoms with E-state index in [4.69, 9.17) is 15.2 Å². The van der Waals surface area contributed by atoms with Gasteiger partial charge in [-0.3, -0.25) is 4.79 Å². The van der Waals surface area contributed by atoms with Crippen molar-refractivity contribution in [2.24, 2.45) is 5.73 Å². The molecular formula is C13H19BrN2O3. The summed E-state index contributed by atoms with van der Waals surface area (Å²) < 4.78 is 11.6. The SMILES string of the molecule is CCNC(=O)C(C)Oc1c(Br)cc(CN)cc1OC. The third kappa shape index (κ3) is 4.11. The normalized spacial score (nSPS) is 11.8. The summed E-state index contributed by atoms with van der Waals surface area (Å²) in [5, 5.41) is 2.70. The van der Waals surface area contributed by atoms with E-state index < -0.39 is 6.10 Å². The molecule has 1 rings (SSSR count). The van der Waals surface area contributed by atoms with Crippen LogP contribution in [0, 0.1) is 0 Å². The lowest BCUT2D eigenvalue weighted by Gasteiger charge is -2.18. The van der Waals surface area contributed by atoms with Crippen molar-refractivity contribution in [3.63, 3.8) is 0 Å². The predicted molar refractivity (Wildman–Crippen MR) is 77.4 cm³/mol. The largest absolute Gasteiger partial charge is 0.493 e. The molecule has 0 radical (unpaired) electrons. The molecule has 0 aromatic heterocycles. The number of nitrogens with one attached hydrogen (secondary N) is 1. The van der Waals surface area contributed by atoms with E-state index in [9.17, 15) is 4.79 Å². The van der Waals surface area contributed by atoms with Crippen molar-refractivity contribution in [1.29, 1.82) is 0 Å². The first kappa shape index (κ1) is 15.8. The Morgan fingerprint density at radius 3 is 2.74 bits per heavy atom. The van der Waals surface area contributed by atoms with E-state index in [1.54, 1.807) is 20.1 Å². The summed E-state index contributed by atoms with van der Waals surface area (Å²) in [6, 6.07) is 3.65. The summed E-state index contributed by atoms with van der Waals surface area (Å²) in [5.74, 6) is 0.879. The minimum Gasteiger partial charge on any atom is -0.493 e. The van der Waals surface area contributed by atoms with Crippen LogP contribution in [0.4, 0.5) is 0 Å². The number of hydrogen-bond donors (Lipinski definition) is 2. The number of benzene rings is 1. The van der Waals surface area contributed by atoms with Gasteiger partial charge in [0.15, 0.2) is 17.6 Å². The van der Waals surface area contributed by atoms with Gasteiger partial charge in [0.1, 0.15) is 0 Å². The average molecular weight is 331 g/mol. The van der Waals surface area contributed by atoms with Crippen LogP contribution >= 0.6 is 15.9 Å². The smallest absolute Gasteiger partial charge is 0.260 e. The Bertz CT molecular complexity index is 452. The molecule has 0 aliphatic heterocycles. The van der Waals surface area contributed by atoms with Crippen LogP contribution in [-0.4, -0.2) is 25.7 Å². The number of rotatable bonds is 6. The summed E-state index contributed by atoms with van der Waals surface area (Å²) >= 11 is 3.40. The summed E-state index contributed by atoms with van der Waals surface area (Å²) in [6.45, 7) is 4.52. The van der Waals surface area contributed by atoms with Crippen LogP contribution in [0.1, 0.15) is 19.4 Å². The summed E-state index contributed by atoms with van der Waals surface area (Å²) in [6.07, 6.45) is -0.603. The fourth-order valence-electron chi connectivity index (χ4n) is 1.55. The standard InChI is InChI=1S/C13H19BrN2O3/c1-4-16-13(17)8(2)19-12-10(14)5-9(7-15)6-11(12)18-3/h5-6,8H,4,7,15H2,1-3H3,(H,16,17). The number of likely N-dealkylation sites (N-methyl/N-ethyl adjacent to an activating group) is 1. The molecule has 1 aromatic carbocycles. The molecule has 0 fully saturated rings. The highest BCUT2D eigenvalue weighted by Gasteiger charge is 2.18. The fraction of sp³-hybridized carbons (Fsp3) is 0.462. The number of carbonyl (C=O) groups is 1. The fourth-order valence-corrected chi connectivity index (χ4v) is 2.14. The van der Waals surface area contributed by atoms with Crippen LogP contribution in [0.15, 0.2) is 16.6 Å². The van der Waals surface area contributed by atoms with E-state index in [0.717, 1.165) is 5.56 Å². The number of nitrogens with two attached hydrogens (primary N) is 1. The van der Waals surface area contributed by atoms with Crippen molar-refractivity contribution in [1.82, 2.24) is 5.32 Å². The van der Waals surface area contributed by atoms with Gasteiger partial charge in [-0.2, -0.15) is 0 Å². The lowest BCUT2D eigenvalue weighted by molar-refractivity contribution is -0.127. The van der Waals surface area contributed by atoms with E-state index in [0.29, 0.717) is 29.1 Å². The first-order chi connectivity index (χ1) is 9.03. The van der Waals surface area contributed by atoms with Gasteiger partial charge in [0.25, 0.3) is 5.91 Å². The Labute approximate surface area is 121 Å². The maximum atomic E-state index is 11.7. The molecule has 3 N–H and O–H groups in total. The predicted octanol–water partition coefficient (Wildman–Crippen LogP) is 1.82. The van der Waals surface area contributed by atoms with Gasteiger partial charge in [-0.1, -0.05) is 0 Å². The molecule has 6 heteroatoms. The Morgan fingerprint density at radius 1 is 1.53 bits per heavy atom. The molecule has 1 amide bonds. The third-order valence-corrected chi connectivity index (χ3v) is 3.13.